The number of nitrogens with zero attached hydrogens (tertiary/aromatic N) is 3. The lowest BCUT2D eigenvalue weighted by molar-refractivity contribution is 0.0560. The third kappa shape index (κ3) is 4.97. The van der Waals surface area contributed by atoms with Gasteiger partial charge in [-0.25, -0.2) is 9.78 Å². The van der Waals surface area contributed by atoms with Gasteiger partial charge in [0.05, 0.1) is 22.8 Å². The number of pyridine rings is 1. The predicted molar refractivity (Wildman–Crippen MR) is 130 cm³/mol. The molecule has 2 heterocycles. The molecule has 2 aromatic carbocycles. The van der Waals surface area contributed by atoms with Gasteiger partial charge >= 0.3 is 6.09 Å². The van der Waals surface area contributed by atoms with E-state index in [0.717, 1.165) is 11.8 Å². The zero-order chi connectivity index (χ0) is 24.2. The molecular formula is C25H25ClN4O4. The molecule has 2 N–H and O–H groups in total. The van der Waals surface area contributed by atoms with Crippen LogP contribution in [0.25, 0.3) is 22.2 Å². The van der Waals surface area contributed by atoms with Gasteiger partial charge in [0.1, 0.15) is 0 Å². The number of carbonyl (C=O) groups is 3. The molecule has 3 aromatic rings. The van der Waals surface area contributed by atoms with Crippen LogP contribution in [0.1, 0.15) is 34.1 Å². The van der Waals surface area contributed by atoms with Crippen molar-refractivity contribution in [3.8, 4) is 11.3 Å². The lowest BCUT2D eigenvalue weighted by Gasteiger charge is -2.34. The van der Waals surface area contributed by atoms with Crippen molar-refractivity contribution in [1.29, 1.82) is 0 Å². The Balaban J connectivity index is 1.55. The summed E-state index contributed by atoms with van der Waals surface area (Å²) in [6, 6.07) is 13.8. The van der Waals surface area contributed by atoms with Crippen LogP contribution in [0.4, 0.5) is 4.79 Å². The van der Waals surface area contributed by atoms with Gasteiger partial charge < -0.3 is 20.3 Å². The molecule has 176 valence electrons. The quantitative estimate of drug-likeness (QED) is 0.595. The van der Waals surface area contributed by atoms with E-state index in [1.54, 1.807) is 52.3 Å². The van der Waals surface area contributed by atoms with Crippen LogP contribution < -0.4 is 5.73 Å². The lowest BCUT2D eigenvalue weighted by Crippen LogP contribution is -2.50. The van der Waals surface area contributed by atoms with Crippen LogP contribution >= 0.6 is 11.6 Å². The number of hydrogen-bond acceptors (Lipinski definition) is 5. The predicted octanol–water partition coefficient (Wildman–Crippen LogP) is 3.96. The van der Waals surface area contributed by atoms with Gasteiger partial charge in [0.15, 0.2) is 0 Å². The first kappa shape index (κ1) is 23.5. The summed E-state index contributed by atoms with van der Waals surface area (Å²) >= 11 is 6.50. The molecular weight excluding hydrogens is 456 g/mol. The normalized spacial score (nSPS) is 13.7. The number of primary amides is 1. The minimum Gasteiger partial charge on any atom is -0.449 e. The second-order valence-electron chi connectivity index (χ2n) is 8.06. The maximum atomic E-state index is 13.1. The number of benzene rings is 2. The third-order valence-corrected chi connectivity index (χ3v) is 6.02. The Morgan fingerprint density at radius 2 is 1.74 bits per heavy atom. The van der Waals surface area contributed by atoms with Crippen LogP contribution in [0.3, 0.4) is 0 Å². The number of amides is 3. The fourth-order valence-electron chi connectivity index (χ4n) is 3.85. The van der Waals surface area contributed by atoms with Crippen molar-refractivity contribution < 1.29 is 19.1 Å². The molecule has 0 saturated carbocycles. The summed E-state index contributed by atoms with van der Waals surface area (Å²) in [4.78, 5) is 44.7. The van der Waals surface area contributed by atoms with E-state index in [4.69, 9.17) is 22.1 Å². The van der Waals surface area contributed by atoms with E-state index < -0.39 is 5.91 Å². The summed E-state index contributed by atoms with van der Waals surface area (Å²) in [5, 5.41) is 1.21. The van der Waals surface area contributed by atoms with Crippen LogP contribution in [0.5, 0.6) is 0 Å². The molecule has 1 fully saturated rings. The summed E-state index contributed by atoms with van der Waals surface area (Å²) in [6.45, 7) is 4.02. The van der Waals surface area contributed by atoms with Crippen LogP contribution in [0.2, 0.25) is 5.02 Å². The molecule has 0 bridgehead atoms. The van der Waals surface area contributed by atoms with Crippen molar-refractivity contribution in [2.75, 3.05) is 32.8 Å². The third-order valence-electron chi connectivity index (χ3n) is 5.70. The Morgan fingerprint density at radius 3 is 2.44 bits per heavy atom. The largest absolute Gasteiger partial charge is 0.449 e. The molecule has 0 aliphatic carbocycles. The standard InChI is InChI=1S/C25H25ClN4O4/c1-2-12-34-25(33)30-10-8-29(9-11-30)24(32)18-6-7-19-20(26)15-21(28-22(19)14-18)16-4-3-5-17(13-16)23(27)31/h3-7,13-15H,2,8-12H2,1H3,(H2,27,31). The van der Waals surface area contributed by atoms with Crippen LogP contribution in [-0.2, 0) is 4.74 Å². The van der Waals surface area contributed by atoms with Gasteiger partial charge in [-0.3, -0.25) is 9.59 Å². The zero-order valence-corrected chi connectivity index (χ0v) is 19.5. The average Bonchev–Trinajstić information content (AvgIpc) is 2.86. The molecule has 1 aliphatic heterocycles. The van der Waals surface area contributed by atoms with Gasteiger partial charge in [-0.15, -0.1) is 0 Å². The molecule has 0 atom stereocenters. The molecule has 0 unspecified atom stereocenters. The second-order valence-corrected chi connectivity index (χ2v) is 8.47. The van der Waals surface area contributed by atoms with Crippen molar-refractivity contribution in [3.05, 3.63) is 64.7 Å². The molecule has 0 radical (unpaired) electrons. The van der Waals surface area contributed by atoms with Crippen LogP contribution in [-0.4, -0.2) is 65.5 Å². The second kappa shape index (κ2) is 10.1. The Morgan fingerprint density at radius 1 is 1.00 bits per heavy atom. The molecule has 34 heavy (non-hydrogen) atoms. The molecule has 0 spiro atoms. The van der Waals surface area contributed by atoms with Crippen LogP contribution in [0.15, 0.2) is 48.5 Å². The van der Waals surface area contributed by atoms with Gasteiger partial charge in [0.25, 0.3) is 5.91 Å². The van der Waals surface area contributed by atoms with E-state index in [0.29, 0.717) is 65.7 Å². The number of aromatic nitrogens is 1. The lowest BCUT2D eigenvalue weighted by atomic mass is 10.0. The van der Waals surface area contributed by atoms with Crippen molar-refractivity contribution >= 4 is 40.4 Å². The maximum absolute atomic E-state index is 13.1. The number of hydrogen-bond donors (Lipinski definition) is 1. The number of fused-ring (bicyclic) bond motifs is 1. The summed E-state index contributed by atoms with van der Waals surface area (Å²) in [7, 11) is 0. The molecule has 3 amide bonds. The zero-order valence-electron chi connectivity index (χ0n) is 18.8. The Bertz CT molecular complexity index is 1250. The highest BCUT2D eigenvalue weighted by molar-refractivity contribution is 6.35. The monoisotopic (exact) mass is 480 g/mol. The Hall–Kier alpha value is -3.65. The molecule has 8 nitrogen and oxygen atoms in total. The fourth-order valence-corrected chi connectivity index (χ4v) is 4.12. The van der Waals surface area contributed by atoms with Crippen LogP contribution in [0, 0.1) is 0 Å². The smallest absolute Gasteiger partial charge is 0.409 e. The summed E-state index contributed by atoms with van der Waals surface area (Å²) in [5.74, 6) is -0.664. The molecule has 1 aromatic heterocycles. The van der Waals surface area contributed by atoms with E-state index in [1.807, 2.05) is 13.0 Å². The number of rotatable bonds is 5. The molecule has 9 heteroatoms. The number of halogens is 1. The van der Waals surface area contributed by atoms with Crippen molar-refractivity contribution in [1.82, 2.24) is 14.8 Å². The van der Waals surface area contributed by atoms with E-state index in [1.165, 1.54) is 0 Å². The number of piperazine rings is 1. The summed E-state index contributed by atoms with van der Waals surface area (Å²) in [6.07, 6.45) is 0.425. The minimum absolute atomic E-state index is 0.137. The van der Waals surface area contributed by atoms with Gasteiger partial charge in [0.2, 0.25) is 5.91 Å². The van der Waals surface area contributed by atoms with Gasteiger partial charge in [-0.1, -0.05) is 36.7 Å². The highest BCUT2D eigenvalue weighted by atomic mass is 35.5. The Kier molecular flexibility index (Phi) is 6.98. The van der Waals surface area contributed by atoms with Gasteiger partial charge in [0, 0.05) is 48.3 Å². The van der Waals surface area contributed by atoms with E-state index >= 15 is 0 Å². The minimum atomic E-state index is -0.527. The first-order valence-electron chi connectivity index (χ1n) is 11.1. The van der Waals surface area contributed by atoms with Gasteiger partial charge in [-0.05, 0) is 36.8 Å². The van der Waals surface area contributed by atoms with Crippen molar-refractivity contribution in [2.24, 2.45) is 5.73 Å². The highest BCUT2D eigenvalue weighted by Gasteiger charge is 2.26. The van der Waals surface area contributed by atoms with Crippen molar-refractivity contribution in [2.45, 2.75) is 13.3 Å². The number of ether oxygens (including phenoxy) is 1. The first-order chi connectivity index (χ1) is 16.4. The molecule has 1 aliphatic rings. The van der Waals surface area contributed by atoms with E-state index in [9.17, 15) is 14.4 Å². The average molecular weight is 481 g/mol. The first-order valence-corrected chi connectivity index (χ1v) is 11.5. The summed E-state index contributed by atoms with van der Waals surface area (Å²) < 4.78 is 5.18. The topological polar surface area (TPSA) is 106 Å². The fraction of sp³-hybridized carbons (Fsp3) is 0.280. The van der Waals surface area contributed by atoms with Crippen molar-refractivity contribution in [3.63, 3.8) is 0 Å². The summed E-state index contributed by atoms with van der Waals surface area (Å²) in [5.41, 5.74) is 8.09. The number of carbonyl (C=O) groups excluding carboxylic acids is 3. The van der Waals surface area contributed by atoms with Gasteiger partial charge in [-0.2, -0.15) is 0 Å². The molecule has 4 rings (SSSR count). The van der Waals surface area contributed by atoms with E-state index in [2.05, 4.69) is 4.98 Å². The SMILES string of the molecule is CCCOC(=O)N1CCN(C(=O)c2ccc3c(Cl)cc(-c4cccc(C(N)=O)c4)nc3c2)CC1. The molecule has 1 saturated heterocycles. The maximum Gasteiger partial charge on any atom is 0.409 e. The highest BCUT2D eigenvalue weighted by Crippen LogP contribution is 2.29. The number of nitrogens with two attached hydrogens (primary N) is 1. The van der Waals surface area contributed by atoms with E-state index in [-0.39, 0.29) is 12.0 Å². The Labute approximate surface area is 202 Å².